The molecule has 0 bridgehead atoms. The Balaban J connectivity index is 0.00000110. The first-order valence-corrected chi connectivity index (χ1v) is 8.04. The Bertz CT molecular complexity index is 457. The van der Waals surface area contributed by atoms with E-state index in [0.29, 0.717) is 6.04 Å². The molecule has 1 aromatic heterocycles. The molecule has 1 aliphatic carbocycles. The van der Waals surface area contributed by atoms with Gasteiger partial charge in [-0.15, -0.1) is 36.2 Å². The van der Waals surface area contributed by atoms with Crippen molar-refractivity contribution in [1.29, 1.82) is 0 Å². The third-order valence-electron chi connectivity index (χ3n) is 4.11. The summed E-state index contributed by atoms with van der Waals surface area (Å²) in [6.45, 7) is 4.83. The Labute approximate surface area is 142 Å². The number of halogens is 2. The lowest BCUT2D eigenvalue weighted by atomic mass is 10.0. The normalized spacial score (nSPS) is 18.8. The minimum atomic E-state index is 0. The summed E-state index contributed by atoms with van der Waals surface area (Å²) in [6, 6.07) is 0.604. The van der Waals surface area contributed by atoms with Crippen LogP contribution in [0.15, 0.2) is 5.51 Å². The average Bonchev–Trinajstić information content (AvgIpc) is 3.17. The minimum absolute atomic E-state index is 0. The number of aromatic nitrogens is 1. The van der Waals surface area contributed by atoms with E-state index in [1.807, 2.05) is 11.8 Å². The minimum Gasteiger partial charge on any atom is -0.338 e. The number of carbonyl (C=O) groups is 1. The highest BCUT2D eigenvalue weighted by Crippen LogP contribution is 2.28. The van der Waals surface area contributed by atoms with Gasteiger partial charge < -0.3 is 10.2 Å². The number of thiazole rings is 1. The van der Waals surface area contributed by atoms with E-state index in [9.17, 15) is 4.79 Å². The molecule has 1 amide bonds. The SMILES string of the molecule is Cc1ncsc1C(=O)N1CCC(NCC2CC2)CC1.Cl.Cl. The molecule has 0 aromatic carbocycles. The summed E-state index contributed by atoms with van der Waals surface area (Å²) in [5.74, 6) is 1.10. The molecule has 2 aliphatic rings. The second-order valence-electron chi connectivity index (χ2n) is 5.68. The first-order valence-electron chi connectivity index (χ1n) is 7.17. The average molecular weight is 352 g/mol. The highest BCUT2D eigenvalue weighted by atomic mass is 35.5. The summed E-state index contributed by atoms with van der Waals surface area (Å²) in [5.41, 5.74) is 2.62. The van der Waals surface area contributed by atoms with E-state index in [4.69, 9.17) is 0 Å². The van der Waals surface area contributed by atoms with Gasteiger partial charge in [0.05, 0.1) is 11.2 Å². The molecule has 4 nitrogen and oxygen atoms in total. The Morgan fingerprint density at radius 2 is 2.00 bits per heavy atom. The van der Waals surface area contributed by atoms with E-state index in [1.165, 1.54) is 30.7 Å². The summed E-state index contributed by atoms with van der Waals surface area (Å²) >= 11 is 1.46. The zero-order valence-corrected chi connectivity index (χ0v) is 14.7. The van der Waals surface area contributed by atoms with Crippen LogP contribution < -0.4 is 5.32 Å². The van der Waals surface area contributed by atoms with Crippen molar-refractivity contribution in [3.63, 3.8) is 0 Å². The molecule has 0 spiro atoms. The molecule has 1 aliphatic heterocycles. The van der Waals surface area contributed by atoms with Gasteiger partial charge in [0.2, 0.25) is 0 Å². The molecule has 0 unspecified atom stereocenters. The zero-order chi connectivity index (χ0) is 13.2. The van der Waals surface area contributed by atoms with Gasteiger partial charge in [-0.1, -0.05) is 0 Å². The van der Waals surface area contributed by atoms with Gasteiger partial charge in [-0.25, -0.2) is 4.98 Å². The summed E-state index contributed by atoms with van der Waals surface area (Å²) in [7, 11) is 0. The van der Waals surface area contributed by atoms with Gasteiger partial charge in [-0.3, -0.25) is 4.79 Å². The molecule has 3 rings (SSSR count). The quantitative estimate of drug-likeness (QED) is 0.906. The molecule has 0 radical (unpaired) electrons. The number of piperidine rings is 1. The summed E-state index contributed by atoms with van der Waals surface area (Å²) in [4.78, 5) is 19.3. The topological polar surface area (TPSA) is 45.2 Å². The van der Waals surface area contributed by atoms with Crippen LogP contribution in [0.25, 0.3) is 0 Å². The van der Waals surface area contributed by atoms with E-state index in [-0.39, 0.29) is 30.7 Å². The Morgan fingerprint density at radius 3 is 2.52 bits per heavy atom. The number of amides is 1. The summed E-state index contributed by atoms with van der Waals surface area (Å²) in [5, 5.41) is 3.64. The number of aryl methyl sites for hydroxylation is 1. The summed E-state index contributed by atoms with van der Waals surface area (Å²) < 4.78 is 0. The number of likely N-dealkylation sites (tertiary alicyclic amines) is 1. The second kappa shape index (κ2) is 8.32. The standard InChI is InChI=1S/C14H21N3OS.2ClH/c1-10-13(19-9-16-10)14(18)17-6-4-12(5-7-17)15-8-11-2-3-11;;/h9,11-12,15H,2-8H2,1H3;2*1H. The van der Waals surface area contributed by atoms with E-state index < -0.39 is 0 Å². The number of rotatable bonds is 4. The number of hydrogen-bond acceptors (Lipinski definition) is 4. The van der Waals surface area contributed by atoms with E-state index in [0.717, 1.165) is 42.4 Å². The lowest BCUT2D eigenvalue weighted by Gasteiger charge is -2.32. The smallest absolute Gasteiger partial charge is 0.265 e. The van der Waals surface area contributed by atoms with Gasteiger partial charge >= 0.3 is 0 Å². The van der Waals surface area contributed by atoms with Crippen molar-refractivity contribution in [1.82, 2.24) is 15.2 Å². The monoisotopic (exact) mass is 351 g/mol. The maximum Gasteiger partial charge on any atom is 0.265 e. The molecule has 1 saturated carbocycles. The van der Waals surface area contributed by atoms with Crippen LogP contribution in [0.4, 0.5) is 0 Å². The third kappa shape index (κ3) is 4.81. The van der Waals surface area contributed by atoms with Crippen molar-refractivity contribution in [3.05, 3.63) is 16.1 Å². The molecular weight excluding hydrogens is 329 g/mol. The highest BCUT2D eigenvalue weighted by molar-refractivity contribution is 7.11. The molecule has 1 saturated heterocycles. The van der Waals surface area contributed by atoms with Crippen LogP contribution >= 0.6 is 36.2 Å². The molecule has 1 aromatic rings. The second-order valence-corrected chi connectivity index (χ2v) is 6.54. The molecule has 1 N–H and O–H groups in total. The van der Waals surface area contributed by atoms with E-state index in [2.05, 4.69) is 10.3 Å². The van der Waals surface area contributed by atoms with Gasteiger partial charge in [0.15, 0.2) is 0 Å². The number of carbonyl (C=O) groups excluding carboxylic acids is 1. The summed E-state index contributed by atoms with van der Waals surface area (Å²) in [6.07, 6.45) is 4.95. The predicted octanol–water partition coefficient (Wildman–Crippen LogP) is 2.90. The van der Waals surface area contributed by atoms with Crippen LogP contribution in [-0.4, -0.2) is 41.5 Å². The Morgan fingerprint density at radius 1 is 1.33 bits per heavy atom. The van der Waals surface area contributed by atoms with Crippen LogP contribution in [-0.2, 0) is 0 Å². The van der Waals surface area contributed by atoms with Crippen molar-refractivity contribution in [2.75, 3.05) is 19.6 Å². The fraction of sp³-hybridized carbons (Fsp3) is 0.714. The fourth-order valence-corrected chi connectivity index (χ4v) is 3.36. The van der Waals surface area contributed by atoms with Crippen molar-refractivity contribution < 1.29 is 4.79 Å². The molecule has 2 fully saturated rings. The number of hydrogen-bond donors (Lipinski definition) is 1. The first kappa shape index (κ1) is 18.7. The van der Waals surface area contributed by atoms with Gasteiger partial charge in [0.25, 0.3) is 5.91 Å². The van der Waals surface area contributed by atoms with Crippen LogP contribution in [0.2, 0.25) is 0 Å². The molecule has 120 valence electrons. The Kier molecular flexibility index (Phi) is 7.40. The van der Waals surface area contributed by atoms with Gasteiger partial charge in [-0.05, 0) is 45.1 Å². The third-order valence-corrected chi connectivity index (χ3v) is 5.03. The lowest BCUT2D eigenvalue weighted by Crippen LogP contribution is -2.45. The van der Waals surface area contributed by atoms with Crippen LogP contribution in [0.1, 0.15) is 41.0 Å². The van der Waals surface area contributed by atoms with Crippen molar-refractivity contribution >= 4 is 42.1 Å². The van der Waals surface area contributed by atoms with E-state index >= 15 is 0 Å². The van der Waals surface area contributed by atoms with Crippen molar-refractivity contribution in [3.8, 4) is 0 Å². The highest BCUT2D eigenvalue weighted by Gasteiger charge is 2.27. The van der Waals surface area contributed by atoms with Crippen LogP contribution in [0.5, 0.6) is 0 Å². The fourth-order valence-electron chi connectivity index (χ4n) is 2.59. The van der Waals surface area contributed by atoms with E-state index in [1.54, 1.807) is 5.51 Å². The molecule has 0 atom stereocenters. The lowest BCUT2D eigenvalue weighted by molar-refractivity contribution is 0.0709. The first-order chi connectivity index (χ1) is 9.24. The maximum atomic E-state index is 12.3. The van der Waals surface area contributed by atoms with Crippen molar-refractivity contribution in [2.24, 2.45) is 5.92 Å². The number of nitrogens with zero attached hydrogens (tertiary/aromatic N) is 2. The number of nitrogens with one attached hydrogen (secondary N) is 1. The van der Waals surface area contributed by atoms with Gasteiger partial charge in [0.1, 0.15) is 4.88 Å². The molecule has 21 heavy (non-hydrogen) atoms. The van der Waals surface area contributed by atoms with Gasteiger partial charge in [-0.2, -0.15) is 0 Å². The molecule has 7 heteroatoms. The molecule has 2 heterocycles. The maximum absolute atomic E-state index is 12.3. The Hall–Kier alpha value is -0.360. The van der Waals surface area contributed by atoms with Gasteiger partial charge in [0, 0.05) is 19.1 Å². The van der Waals surface area contributed by atoms with Crippen molar-refractivity contribution in [2.45, 2.75) is 38.6 Å². The largest absolute Gasteiger partial charge is 0.338 e. The molecular formula is C14H23Cl2N3OS. The van der Waals surface area contributed by atoms with Crippen LogP contribution in [0.3, 0.4) is 0 Å². The zero-order valence-electron chi connectivity index (χ0n) is 12.2. The predicted molar refractivity (Wildman–Crippen MR) is 91.0 cm³/mol. The van der Waals surface area contributed by atoms with Crippen LogP contribution in [0, 0.1) is 12.8 Å².